The number of nitrogens with one attached hydrogen (secondary N) is 2. The summed E-state index contributed by atoms with van der Waals surface area (Å²) in [6.45, 7) is 6.29. The van der Waals surface area contributed by atoms with Gasteiger partial charge in [-0.15, -0.1) is 0 Å². The summed E-state index contributed by atoms with van der Waals surface area (Å²) in [5.74, 6) is -0.138. The number of ether oxygens (including phenoxy) is 1. The maximum absolute atomic E-state index is 12.1. The molecular formula is C15H23N3O3. The van der Waals surface area contributed by atoms with Crippen molar-refractivity contribution in [2.45, 2.75) is 20.8 Å². The van der Waals surface area contributed by atoms with E-state index in [0.717, 1.165) is 0 Å². The first-order valence-corrected chi connectivity index (χ1v) is 7.02. The summed E-state index contributed by atoms with van der Waals surface area (Å²) >= 11 is 0. The van der Waals surface area contributed by atoms with Crippen molar-refractivity contribution in [2.75, 3.05) is 23.8 Å². The van der Waals surface area contributed by atoms with Crippen molar-refractivity contribution in [3.05, 3.63) is 24.3 Å². The third kappa shape index (κ3) is 5.43. The molecule has 0 fully saturated rings. The number of carbonyl (C=O) groups is 2. The number of anilines is 2. The number of amides is 2. The average Bonchev–Trinajstić information content (AvgIpc) is 2.41. The van der Waals surface area contributed by atoms with Crippen molar-refractivity contribution in [2.24, 2.45) is 17.6 Å². The molecule has 0 bridgehead atoms. The van der Waals surface area contributed by atoms with Crippen molar-refractivity contribution in [3.8, 4) is 0 Å². The summed E-state index contributed by atoms with van der Waals surface area (Å²) in [6, 6.07) is 6.82. The van der Waals surface area contributed by atoms with Crippen molar-refractivity contribution >= 4 is 23.4 Å². The molecule has 0 spiro atoms. The van der Waals surface area contributed by atoms with Crippen LogP contribution in [-0.2, 0) is 9.53 Å². The van der Waals surface area contributed by atoms with E-state index in [0.29, 0.717) is 24.5 Å². The first-order chi connectivity index (χ1) is 9.97. The number of nitrogens with two attached hydrogens (primary N) is 1. The third-order valence-corrected chi connectivity index (χ3v) is 3.07. The van der Waals surface area contributed by atoms with Gasteiger partial charge in [-0.3, -0.25) is 10.1 Å². The van der Waals surface area contributed by atoms with E-state index in [2.05, 4.69) is 10.6 Å². The van der Waals surface area contributed by atoms with E-state index in [1.807, 2.05) is 13.8 Å². The van der Waals surface area contributed by atoms with Gasteiger partial charge in [-0.05, 0) is 37.1 Å². The second-order valence-corrected chi connectivity index (χ2v) is 5.00. The predicted octanol–water partition coefficient (Wildman–Crippen LogP) is 2.42. The zero-order chi connectivity index (χ0) is 15.8. The largest absolute Gasteiger partial charge is 0.450 e. The number of carbonyl (C=O) groups excluding carboxylic acids is 2. The van der Waals surface area contributed by atoms with Crippen molar-refractivity contribution in [1.82, 2.24) is 0 Å². The highest BCUT2D eigenvalue weighted by molar-refractivity contribution is 5.93. The molecule has 0 saturated carbocycles. The molecule has 0 aromatic heterocycles. The van der Waals surface area contributed by atoms with Gasteiger partial charge in [-0.25, -0.2) is 4.79 Å². The lowest BCUT2D eigenvalue weighted by atomic mass is 9.95. The molecule has 1 aromatic carbocycles. The van der Waals surface area contributed by atoms with Crippen LogP contribution in [0.1, 0.15) is 20.8 Å². The Morgan fingerprint density at radius 1 is 1.14 bits per heavy atom. The van der Waals surface area contributed by atoms with Gasteiger partial charge in [0.25, 0.3) is 0 Å². The van der Waals surface area contributed by atoms with Crippen LogP contribution in [0, 0.1) is 11.8 Å². The van der Waals surface area contributed by atoms with Crippen molar-refractivity contribution < 1.29 is 14.3 Å². The topological polar surface area (TPSA) is 93.5 Å². The fraction of sp³-hybridized carbons (Fsp3) is 0.467. The van der Waals surface area contributed by atoms with Crippen LogP contribution >= 0.6 is 0 Å². The van der Waals surface area contributed by atoms with E-state index < -0.39 is 6.09 Å². The van der Waals surface area contributed by atoms with Gasteiger partial charge >= 0.3 is 6.09 Å². The van der Waals surface area contributed by atoms with Crippen LogP contribution in [0.25, 0.3) is 0 Å². The van der Waals surface area contributed by atoms with Gasteiger partial charge in [0.2, 0.25) is 5.91 Å². The highest BCUT2D eigenvalue weighted by Gasteiger charge is 2.20. The van der Waals surface area contributed by atoms with Gasteiger partial charge in [-0.1, -0.05) is 13.8 Å². The smallest absolute Gasteiger partial charge is 0.411 e. The summed E-state index contributed by atoms with van der Waals surface area (Å²) in [6.07, 6.45) is -0.503. The Balaban J connectivity index is 2.62. The standard InChI is InChI=1S/C15H23N3O3/c1-4-21-15(20)18-12-7-5-11(6-8-12)17-14(19)13(9-16)10(2)3/h5-8,10,13H,4,9,16H2,1-3H3,(H,17,19)(H,18,20). The molecule has 0 radical (unpaired) electrons. The average molecular weight is 293 g/mol. The monoisotopic (exact) mass is 293 g/mol. The lowest BCUT2D eigenvalue weighted by Crippen LogP contribution is -2.33. The Morgan fingerprint density at radius 2 is 1.67 bits per heavy atom. The van der Waals surface area contributed by atoms with Crippen LogP contribution < -0.4 is 16.4 Å². The van der Waals surface area contributed by atoms with Crippen LogP contribution in [0.15, 0.2) is 24.3 Å². The molecule has 1 rings (SSSR count). The molecule has 0 aliphatic carbocycles. The van der Waals surface area contributed by atoms with Gasteiger partial charge in [0, 0.05) is 17.9 Å². The van der Waals surface area contributed by atoms with Gasteiger partial charge in [0.1, 0.15) is 0 Å². The molecule has 1 unspecified atom stereocenters. The fourth-order valence-corrected chi connectivity index (χ4v) is 1.84. The zero-order valence-corrected chi connectivity index (χ0v) is 12.7. The number of rotatable bonds is 6. The van der Waals surface area contributed by atoms with Crippen LogP contribution in [0.4, 0.5) is 16.2 Å². The minimum absolute atomic E-state index is 0.0985. The molecule has 0 heterocycles. The van der Waals surface area contributed by atoms with E-state index in [4.69, 9.17) is 10.5 Å². The summed E-state index contributed by atoms with van der Waals surface area (Å²) < 4.78 is 4.78. The molecule has 0 aliphatic rings. The Bertz CT molecular complexity index is 472. The van der Waals surface area contributed by atoms with Gasteiger partial charge in [-0.2, -0.15) is 0 Å². The van der Waals surface area contributed by atoms with E-state index in [9.17, 15) is 9.59 Å². The van der Waals surface area contributed by atoms with Crippen LogP contribution in [0.5, 0.6) is 0 Å². The molecule has 0 saturated heterocycles. The van der Waals surface area contributed by atoms with Gasteiger partial charge < -0.3 is 15.8 Å². The lowest BCUT2D eigenvalue weighted by Gasteiger charge is -2.18. The summed E-state index contributed by atoms with van der Waals surface area (Å²) in [5, 5.41) is 5.40. The highest BCUT2D eigenvalue weighted by Crippen LogP contribution is 2.17. The fourth-order valence-electron chi connectivity index (χ4n) is 1.84. The molecule has 6 heteroatoms. The molecule has 21 heavy (non-hydrogen) atoms. The van der Waals surface area contributed by atoms with Crippen LogP contribution in [0.3, 0.4) is 0 Å². The first-order valence-electron chi connectivity index (χ1n) is 7.02. The molecule has 116 valence electrons. The van der Waals surface area contributed by atoms with Crippen molar-refractivity contribution in [3.63, 3.8) is 0 Å². The maximum Gasteiger partial charge on any atom is 0.411 e. The summed E-state index contributed by atoms with van der Waals surface area (Å²) in [4.78, 5) is 23.3. The molecule has 6 nitrogen and oxygen atoms in total. The number of hydrogen-bond acceptors (Lipinski definition) is 4. The third-order valence-electron chi connectivity index (χ3n) is 3.07. The number of hydrogen-bond donors (Lipinski definition) is 3. The molecule has 0 aliphatic heterocycles. The summed E-state index contributed by atoms with van der Waals surface area (Å²) in [7, 11) is 0. The molecule has 4 N–H and O–H groups in total. The van der Waals surface area contributed by atoms with E-state index in [1.165, 1.54) is 0 Å². The zero-order valence-electron chi connectivity index (χ0n) is 12.7. The number of benzene rings is 1. The van der Waals surface area contributed by atoms with E-state index in [-0.39, 0.29) is 17.7 Å². The predicted molar refractivity (Wildman–Crippen MR) is 83.1 cm³/mol. The minimum atomic E-state index is -0.503. The molecule has 1 atom stereocenters. The normalized spacial score (nSPS) is 11.9. The Morgan fingerprint density at radius 3 is 2.10 bits per heavy atom. The first kappa shape index (κ1) is 17.0. The highest BCUT2D eigenvalue weighted by atomic mass is 16.5. The maximum atomic E-state index is 12.1. The quantitative estimate of drug-likeness (QED) is 0.751. The van der Waals surface area contributed by atoms with Gasteiger partial charge in [0.15, 0.2) is 0 Å². The van der Waals surface area contributed by atoms with Gasteiger partial charge in [0.05, 0.1) is 12.5 Å². The lowest BCUT2D eigenvalue weighted by molar-refractivity contribution is -0.120. The minimum Gasteiger partial charge on any atom is -0.450 e. The van der Waals surface area contributed by atoms with E-state index in [1.54, 1.807) is 31.2 Å². The van der Waals surface area contributed by atoms with E-state index >= 15 is 0 Å². The molecule has 1 aromatic rings. The second kappa shape index (κ2) is 8.26. The van der Waals surface area contributed by atoms with Crippen LogP contribution in [-0.4, -0.2) is 25.2 Å². The van der Waals surface area contributed by atoms with Crippen molar-refractivity contribution in [1.29, 1.82) is 0 Å². The Labute approximate surface area is 125 Å². The SMILES string of the molecule is CCOC(=O)Nc1ccc(NC(=O)C(CN)C(C)C)cc1. The summed E-state index contributed by atoms with van der Waals surface area (Å²) in [5.41, 5.74) is 6.88. The molecular weight excluding hydrogens is 270 g/mol. The second-order valence-electron chi connectivity index (χ2n) is 5.00. The van der Waals surface area contributed by atoms with Crippen LogP contribution in [0.2, 0.25) is 0 Å². The Kier molecular flexibility index (Phi) is 6.68. The Hall–Kier alpha value is -2.08. The molecule has 2 amide bonds.